The van der Waals surface area contributed by atoms with Crippen LogP contribution in [-0.4, -0.2) is 15.0 Å². The minimum absolute atomic E-state index is 0.277. The molecule has 0 aliphatic carbocycles. The van der Waals surface area contributed by atoms with E-state index in [1.54, 1.807) is 12.3 Å². The number of anilines is 4. The molecule has 6 heteroatoms. The number of hydrogen-bond donors (Lipinski definition) is 2. The smallest absolute Gasteiger partial charge is 0.231 e. The summed E-state index contributed by atoms with van der Waals surface area (Å²) in [7, 11) is 0. The molecule has 0 amide bonds. The summed E-state index contributed by atoms with van der Waals surface area (Å²) in [6.45, 7) is 3.86. The van der Waals surface area contributed by atoms with Crippen LogP contribution >= 0.6 is 0 Å². The highest BCUT2D eigenvalue weighted by molar-refractivity contribution is 5.90. The maximum Gasteiger partial charge on any atom is 0.231 e. The van der Waals surface area contributed by atoms with Gasteiger partial charge in [0.25, 0.3) is 0 Å². The summed E-state index contributed by atoms with van der Waals surface area (Å²) in [5, 5.41) is 7.36. The first kappa shape index (κ1) is 16.9. The van der Waals surface area contributed by atoms with Gasteiger partial charge in [0.05, 0.1) is 5.39 Å². The molecule has 0 radical (unpaired) electrons. The van der Waals surface area contributed by atoms with Crippen molar-refractivity contribution in [2.24, 2.45) is 0 Å². The SMILES string of the molecule is Cc1cc(F)ccc1Nc1nc(Nc2ccccc2C)c2cccnc2n1. The summed E-state index contributed by atoms with van der Waals surface area (Å²) in [4.78, 5) is 13.5. The Kier molecular flexibility index (Phi) is 4.38. The van der Waals surface area contributed by atoms with Crippen molar-refractivity contribution in [2.45, 2.75) is 13.8 Å². The van der Waals surface area contributed by atoms with Crippen LogP contribution < -0.4 is 10.6 Å². The van der Waals surface area contributed by atoms with Crippen LogP contribution in [0, 0.1) is 19.7 Å². The van der Waals surface area contributed by atoms with E-state index in [1.807, 2.05) is 50.2 Å². The van der Waals surface area contributed by atoms with Crippen LogP contribution in [0.1, 0.15) is 11.1 Å². The van der Waals surface area contributed by atoms with Crippen LogP contribution in [-0.2, 0) is 0 Å². The second-order valence-corrected chi connectivity index (χ2v) is 6.29. The number of para-hydroxylation sites is 1. The number of halogens is 1. The first-order valence-electron chi connectivity index (χ1n) is 8.59. The van der Waals surface area contributed by atoms with Gasteiger partial charge in [-0.2, -0.15) is 9.97 Å². The van der Waals surface area contributed by atoms with E-state index in [1.165, 1.54) is 12.1 Å². The molecule has 2 aromatic heterocycles. The molecule has 134 valence electrons. The number of benzene rings is 2. The Balaban J connectivity index is 1.77. The zero-order chi connectivity index (χ0) is 18.8. The van der Waals surface area contributed by atoms with E-state index in [0.29, 0.717) is 17.4 Å². The maximum absolute atomic E-state index is 13.4. The Morgan fingerprint density at radius 1 is 0.815 bits per heavy atom. The van der Waals surface area contributed by atoms with Crippen molar-refractivity contribution in [2.75, 3.05) is 10.6 Å². The van der Waals surface area contributed by atoms with Crippen molar-refractivity contribution < 1.29 is 4.39 Å². The second kappa shape index (κ2) is 6.99. The summed E-state index contributed by atoms with van der Waals surface area (Å²) < 4.78 is 13.4. The topological polar surface area (TPSA) is 62.7 Å². The molecule has 5 nitrogen and oxygen atoms in total. The van der Waals surface area contributed by atoms with Gasteiger partial charge in [-0.1, -0.05) is 18.2 Å². The molecular formula is C21H18FN5. The predicted molar refractivity (Wildman–Crippen MR) is 106 cm³/mol. The summed E-state index contributed by atoms with van der Waals surface area (Å²) >= 11 is 0. The predicted octanol–water partition coefficient (Wildman–Crippen LogP) is 5.27. The molecule has 0 spiro atoms. The summed E-state index contributed by atoms with van der Waals surface area (Å²) in [5.41, 5.74) is 4.16. The van der Waals surface area contributed by atoms with Gasteiger partial charge >= 0.3 is 0 Å². The molecular weight excluding hydrogens is 341 g/mol. The fourth-order valence-corrected chi connectivity index (χ4v) is 2.84. The average molecular weight is 359 g/mol. The minimum atomic E-state index is -0.277. The van der Waals surface area contributed by atoms with Gasteiger partial charge in [-0.3, -0.25) is 0 Å². The van der Waals surface area contributed by atoms with Gasteiger partial charge in [0.15, 0.2) is 5.65 Å². The molecule has 4 rings (SSSR count). The fourth-order valence-electron chi connectivity index (χ4n) is 2.84. The molecule has 0 bridgehead atoms. The van der Waals surface area contributed by atoms with Crippen molar-refractivity contribution >= 4 is 34.2 Å². The number of nitrogens with one attached hydrogen (secondary N) is 2. The van der Waals surface area contributed by atoms with Crippen molar-refractivity contribution in [3.8, 4) is 0 Å². The molecule has 0 atom stereocenters. The Morgan fingerprint density at radius 2 is 1.63 bits per heavy atom. The normalized spacial score (nSPS) is 10.8. The molecule has 27 heavy (non-hydrogen) atoms. The third-order valence-corrected chi connectivity index (χ3v) is 4.30. The minimum Gasteiger partial charge on any atom is -0.339 e. The molecule has 2 heterocycles. The van der Waals surface area contributed by atoms with Gasteiger partial charge in [-0.05, 0) is 61.4 Å². The summed E-state index contributed by atoms with van der Waals surface area (Å²) in [5.74, 6) is 0.776. The zero-order valence-electron chi connectivity index (χ0n) is 15.0. The highest BCUT2D eigenvalue weighted by Crippen LogP contribution is 2.27. The third-order valence-electron chi connectivity index (χ3n) is 4.30. The lowest BCUT2D eigenvalue weighted by molar-refractivity contribution is 0.627. The first-order chi connectivity index (χ1) is 13.1. The number of aromatic nitrogens is 3. The molecule has 2 aromatic carbocycles. The van der Waals surface area contributed by atoms with E-state index >= 15 is 0 Å². The van der Waals surface area contributed by atoms with E-state index in [4.69, 9.17) is 0 Å². The van der Waals surface area contributed by atoms with Crippen LogP contribution in [0.3, 0.4) is 0 Å². The number of hydrogen-bond acceptors (Lipinski definition) is 5. The summed E-state index contributed by atoms with van der Waals surface area (Å²) in [6, 6.07) is 16.3. The van der Waals surface area contributed by atoms with Crippen LogP contribution in [0.2, 0.25) is 0 Å². The Labute approximate surface area is 156 Å². The Bertz CT molecular complexity index is 1130. The lowest BCUT2D eigenvalue weighted by Crippen LogP contribution is -2.04. The van der Waals surface area contributed by atoms with Crippen molar-refractivity contribution in [1.29, 1.82) is 0 Å². The van der Waals surface area contributed by atoms with Crippen LogP contribution in [0.15, 0.2) is 60.8 Å². The van der Waals surface area contributed by atoms with Gasteiger partial charge in [0.1, 0.15) is 11.6 Å². The van der Waals surface area contributed by atoms with E-state index in [-0.39, 0.29) is 5.82 Å². The van der Waals surface area contributed by atoms with Crippen molar-refractivity contribution in [1.82, 2.24) is 15.0 Å². The van der Waals surface area contributed by atoms with E-state index in [0.717, 1.165) is 27.9 Å². The standard InChI is InChI=1S/C21H18FN5/c1-13-6-3-4-8-17(13)24-20-16-7-5-11-23-19(16)26-21(27-20)25-18-10-9-15(22)12-14(18)2/h3-12H,1-2H3,(H2,23,24,25,26,27). The molecule has 0 saturated heterocycles. The first-order valence-corrected chi connectivity index (χ1v) is 8.59. The highest BCUT2D eigenvalue weighted by Gasteiger charge is 2.11. The molecule has 2 N–H and O–H groups in total. The number of aryl methyl sites for hydroxylation is 2. The molecule has 0 aliphatic rings. The Hall–Kier alpha value is -3.54. The highest BCUT2D eigenvalue weighted by atomic mass is 19.1. The number of fused-ring (bicyclic) bond motifs is 1. The number of nitrogens with zero attached hydrogens (tertiary/aromatic N) is 3. The Morgan fingerprint density at radius 3 is 2.44 bits per heavy atom. The van der Waals surface area contributed by atoms with Gasteiger partial charge in [0, 0.05) is 17.6 Å². The number of pyridine rings is 1. The van der Waals surface area contributed by atoms with E-state index < -0.39 is 0 Å². The molecule has 0 aliphatic heterocycles. The molecule has 4 aromatic rings. The van der Waals surface area contributed by atoms with Crippen LogP contribution in [0.25, 0.3) is 11.0 Å². The lowest BCUT2D eigenvalue weighted by Gasteiger charge is -2.13. The molecule has 0 unspecified atom stereocenters. The van der Waals surface area contributed by atoms with Gasteiger partial charge < -0.3 is 10.6 Å². The van der Waals surface area contributed by atoms with Crippen LogP contribution in [0.5, 0.6) is 0 Å². The number of rotatable bonds is 4. The van der Waals surface area contributed by atoms with E-state index in [2.05, 4.69) is 25.6 Å². The van der Waals surface area contributed by atoms with Crippen molar-refractivity contribution in [3.63, 3.8) is 0 Å². The zero-order valence-corrected chi connectivity index (χ0v) is 15.0. The lowest BCUT2D eigenvalue weighted by atomic mass is 10.2. The molecule has 0 saturated carbocycles. The largest absolute Gasteiger partial charge is 0.339 e. The van der Waals surface area contributed by atoms with Gasteiger partial charge in [-0.25, -0.2) is 9.37 Å². The van der Waals surface area contributed by atoms with Gasteiger partial charge in [-0.15, -0.1) is 0 Å². The quantitative estimate of drug-likeness (QED) is 0.520. The van der Waals surface area contributed by atoms with Crippen LogP contribution in [0.4, 0.5) is 27.5 Å². The fraction of sp³-hybridized carbons (Fsp3) is 0.0952. The molecule has 0 fully saturated rings. The maximum atomic E-state index is 13.4. The van der Waals surface area contributed by atoms with Crippen molar-refractivity contribution in [3.05, 3.63) is 77.7 Å². The summed E-state index contributed by atoms with van der Waals surface area (Å²) in [6.07, 6.45) is 1.69. The second-order valence-electron chi connectivity index (χ2n) is 6.29. The van der Waals surface area contributed by atoms with Gasteiger partial charge in [0.2, 0.25) is 5.95 Å². The monoisotopic (exact) mass is 359 g/mol. The third kappa shape index (κ3) is 3.55. The average Bonchev–Trinajstić information content (AvgIpc) is 2.66. The van der Waals surface area contributed by atoms with E-state index in [9.17, 15) is 4.39 Å².